The highest BCUT2D eigenvalue weighted by Crippen LogP contribution is 2.28. The van der Waals surface area contributed by atoms with Crippen molar-refractivity contribution < 1.29 is 22.8 Å². The molecule has 1 aliphatic rings. The van der Waals surface area contributed by atoms with E-state index in [1.54, 1.807) is 0 Å². The number of nitrogens with one attached hydrogen (secondary N) is 2. The Bertz CT molecular complexity index is 880. The third kappa shape index (κ3) is 4.60. The SMILES string of the molecule is COc1ccc(C(=O)NOCc2ccccc2)cc1S(=O)(=O)NC1CC1. The van der Waals surface area contributed by atoms with Crippen LogP contribution in [0.4, 0.5) is 0 Å². The number of amides is 1. The number of carbonyl (C=O) groups excluding carboxylic acids is 1. The molecule has 2 N–H and O–H groups in total. The van der Waals surface area contributed by atoms with Crippen LogP contribution >= 0.6 is 0 Å². The van der Waals surface area contributed by atoms with Gasteiger partial charge in [-0.05, 0) is 36.6 Å². The maximum atomic E-state index is 12.5. The summed E-state index contributed by atoms with van der Waals surface area (Å²) in [6.07, 6.45) is 1.63. The van der Waals surface area contributed by atoms with E-state index in [1.165, 1.54) is 25.3 Å². The Morgan fingerprint density at radius 1 is 1.15 bits per heavy atom. The first kappa shape index (κ1) is 18.4. The molecule has 26 heavy (non-hydrogen) atoms. The lowest BCUT2D eigenvalue weighted by Gasteiger charge is -2.12. The highest BCUT2D eigenvalue weighted by Gasteiger charge is 2.30. The van der Waals surface area contributed by atoms with Crippen molar-refractivity contribution in [1.29, 1.82) is 0 Å². The highest BCUT2D eigenvalue weighted by atomic mass is 32.2. The summed E-state index contributed by atoms with van der Waals surface area (Å²) in [4.78, 5) is 17.4. The molecule has 1 saturated carbocycles. The zero-order valence-electron chi connectivity index (χ0n) is 14.3. The van der Waals surface area contributed by atoms with Gasteiger partial charge in [0.25, 0.3) is 5.91 Å². The summed E-state index contributed by atoms with van der Waals surface area (Å²) in [6, 6.07) is 13.5. The van der Waals surface area contributed by atoms with E-state index < -0.39 is 15.9 Å². The van der Waals surface area contributed by atoms with Crippen LogP contribution in [0.3, 0.4) is 0 Å². The third-order valence-corrected chi connectivity index (χ3v) is 5.40. The van der Waals surface area contributed by atoms with Crippen molar-refractivity contribution >= 4 is 15.9 Å². The van der Waals surface area contributed by atoms with Crippen molar-refractivity contribution in [3.05, 3.63) is 59.7 Å². The number of hydrogen-bond acceptors (Lipinski definition) is 5. The quantitative estimate of drug-likeness (QED) is 0.688. The number of hydroxylamine groups is 1. The van der Waals surface area contributed by atoms with Crippen molar-refractivity contribution in [3.63, 3.8) is 0 Å². The van der Waals surface area contributed by atoms with Crippen LogP contribution in [0.5, 0.6) is 5.75 Å². The van der Waals surface area contributed by atoms with Crippen LogP contribution in [0.25, 0.3) is 0 Å². The van der Waals surface area contributed by atoms with Gasteiger partial charge in [-0.1, -0.05) is 30.3 Å². The molecule has 0 heterocycles. The molecule has 0 aromatic heterocycles. The summed E-state index contributed by atoms with van der Waals surface area (Å²) in [6.45, 7) is 0.205. The molecule has 2 aromatic rings. The van der Waals surface area contributed by atoms with E-state index in [9.17, 15) is 13.2 Å². The fourth-order valence-corrected chi connectivity index (χ4v) is 3.83. The first-order valence-corrected chi connectivity index (χ1v) is 9.64. The molecule has 2 aromatic carbocycles. The van der Waals surface area contributed by atoms with Crippen molar-refractivity contribution in [2.75, 3.05) is 7.11 Å². The zero-order valence-corrected chi connectivity index (χ0v) is 15.1. The van der Waals surface area contributed by atoms with E-state index >= 15 is 0 Å². The van der Waals surface area contributed by atoms with Crippen molar-refractivity contribution in [2.24, 2.45) is 0 Å². The average Bonchev–Trinajstić information content (AvgIpc) is 3.45. The minimum absolute atomic E-state index is 0.0450. The monoisotopic (exact) mass is 376 g/mol. The molecular weight excluding hydrogens is 356 g/mol. The lowest BCUT2D eigenvalue weighted by atomic mass is 10.2. The van der Waals surface area contributed by atoms with Crippen LogP contribution < -0.4 is 14.9 Å². The second-order valence-corrected chi connectivity index (χ2v) is 7.65. The summed E-state index contributed by atoms with van der Waals surface area (Å²) in [5.41, 5.74) is 3.39. The largest absolute Gasteiger partial charge is 0.495 e. The summed E-state index contributed by atoms with van der Waals surface area (Å²) in [5, 5.41) is 0. The summed E-state index contributed by atoms with van der Waals surface area (Å²) in [5.74, 6) is -0.355. The van der Waals surface area contributed by atoms with Gasteiger partial charge < -0.3 is 4.74 Å². The molecule has 0 saturated heterocycles. The Labute approximate surface area is 152 Å². The number of benzene rings is 2. The first-order valence-electron chi connectivity index (χ1n) is 8.16. The topological polar surface area (TPSA) is 93.7 Å². The van der Waals surface area contributed by atoms with Gasteiger partial charge in [-0.25, -0.2) is 18.6 Å². The highest BCUT2D eigenvalue weighted by molar-refractivity contribution is 7.89. The van der Waals surface area contributed by atoms with E-state index in [2.05, 4.69) is 10.2 Å². The summed E-state index contributed by atoms with van der Waals surface area (Å²) in [7, 11) is -2.37. The van der Waals surface area contributed by atoms with Gasteiger partial charge in [0.15, 0.2) is 0 Å². The fraction of sp³-hybridized carbons (Fsp3) is 0.278. The van der Waals surface area contributed by atoms with Crippen molar-refractivity contribution in [2.45, 2.75) is 30.4 Å². The second-order valence-electron chi connectivity index (χ2n) is 5.97. The van der Waals surface area contributed by atoms with Crippen LogP contribution in [0, 0.1) is 0 Å². The minimum atomic E-state index is -3.76. The normalized spacial score (nSPS) is 14.0. The molecule has 1 fully saturated rings. The van der Waals surface area contributed by atoms with Crippen molar-refractivity contribution in [3.8, 4) is 5.75 Å². The zero-order chi connectivity index (χ0) is 18.6. The van der Waals surface area contributed by atoms with E-state index in [0.29, 0.717) is 0 Å². The fourth-order valence-electron chi connectivity index (χ4n) is 2.33. The van der Waals surface area contributed by atoms with Gasteiger partial charge >= 0.3 is 0 Å². The van der Waals surface area contributed by atoms with E-state index in [0.717, 1.165) is 18.4 Å². The standard InChI is InChI=1S/C18H20N2O5S/c1-24-16-10-7-14(11-17(16)26(22,23)20-15-8-9-15)18(21)19-25-12-13-5-3-2-4-6-13/h2-7,10-11,15,20H,8-9,12H2,1H3,(H,19,21). The number of ether oxygens (including phenoxy) is 1. The maximum absolute atomic E-state index is 12.5. The van der Waals surface area contributed by atoms with Gasteiger partial charge in [-0.2, -0.15) is 0 Å². The van der Waals surface area contributed by atoms with Gasteiger partial charge in [0.2, 0.25) is 10.0 Å². The molecule has 0 unspecified atom stereocenters. The average molecular weight is 376 g/mol. The third-order valence-electron chi connectivity index (χ3n) is 3.86. The lowest BCUT2D eigenvalue weighted by molar-refractivity contribution is 0.0233. The van der Waals surface area contributed by atoms with Gasteiger partial charge in [0.05, 0.1) is 13.7 Å². The smallest absolute Gasteiger partial charge is 0.274 e. The van der Waals surface area contributed by atoms with Gasteiger partial charge in [-0.3, -0.25) is 9.63 Å². The summed E-state index contributed by atoms with van der Waals surface area (Å²) >= 11 is 0. The van der Waals surface area contributed by atoms with Crippen LogP contribution in [0.1, 0.15) is 28.8 Å². The molecule has 0 spiro atoms. The lowest BCUT2D eigenvalue weighted by Crippen LogP contribution is -2.27. The first-order chi connectivity index (χ1) is 12.5. The molecule has 0 aliphatic heterocycles. The number of carbonyl (C=O) groups is 1. The Morgan fingerprint density at radius 2 is 1.88 bits per heavy atom. The number of rotatable bonds is 8. The Balaban J connectivity index is 1.71. The minimum Gasteiger partial charge on any atom is -0.495 e. The second kappa shape index (κ2) is 7.86. The Kier molecular flexibility index (Phi) is 5.55. The molecule has 3 rings (SSSR count). The molecule has 7 nitrogen and oxygen atoms in total. The van der Waals surface area contributed by atoms with Gasteiger partial charge in [-0.15, -0.1) is 0 Å². The molecule has 0 bridgehead atoms. The van der Waals surface area contributed by atoms with Crippen molar-refractivity contribution in [1.82, 2.24) is 10.2 Å². The Hall–Kier alpha value is -2.42. The predicted molar refractivity (Wildman–Crippen MR) is 95.0 cm³/mol. The van der Waals surface area contributed by atoms with E-state index in [-0.39, 0.29) is 28.9 Å². The van der Waals surface area contributed by atoms with E-state index in [1.807, 2.05) is 30.3 Å². The molecule has 1 amide bonds. The van der Waals surface area contributed by atoms with Crippen LogP contribution in [-0.2, 0) is 21.5 Å². The molecule has 0 atom stereocenters. The molecule has 8 heteroatoms. The van der Waals surface area contributed by atoms with Gasteiger partial charge in [0, 0.05) is 11.6 Å². The van der Waals surface area contributed by atoms with Crippen LogP contribution in [0.2, 0.25) is 0 Å². The Morgan fingerprint density at radius 3 is 2.54 bits per heavy atom. The molecular formula is C18H20N2O5S. The number of methoxy groups -OCH3 is 1. The number of sulfonamides is 1. The maximum Gasteiger partial charge on any atom is 0.274 e. The predicted octanol–water partition coefficient (Wildman–Crippen LogP) is 2.00. The summed E-state index contributed by atoms with van der Waals surface area (Å²) < 4.78 is 32.7. The van der Waals surface area contributed by atoms with Crippen LogP contribution in [0.15, 0.2) is 53.4 Å². The van der Waals surface area contributed by atoms with Gasteiger partial charge in [0.1, 0.15) is 10.6 Å². The number of hydrogen-bond donors (Lipinski definition) is 2. The molecule has 1 aliphatic carbocycles. The molecule has 138 valence electrons. The molecule has 0 radical (unpaired) electrons. The van der Waals surface area contributed by atoms with Crippen LogP contribution in [-0.4, -0.2) is 27.5 Å². The van der Waals surface area contributed by atoms with E-state index in [4.69, 9.17) is 9.57 Å².